The van der Waals surface area contributed by atoms with Crippen LogP contribution >= 0.6 is 0 Å². The number of aliphatic hydroxyl groups is 2. The molecule has 9 nitrogen and oxygen atoms in total. The second kappa shape index (κ2) is 11.4. The van der Waals surface area contributed by atoms with E-state index in [-0.39, 0.29) is 13.2 Å². The highest BCUT2D eigenvalue weighted by Crippen LogP contribution is 2.34. The highest BCUT2D eigenvalue weighted by molar-refractivity contribution is 5.96. The van der Waals surface area contributed by atoms with Crippen LogP contribution in [0.5, 0.6) is 0 Å². The highest BCUT2D eigenvalue weighted by atomic mass is 16.3. The third kappa shape index (κ3) is 5.53. The molecular weight excluding hydrogens is 430 g/mol. The normalized spacial score (nSPS) is 15.7. The average Bonchev–Trinajstić information content (AvgIpc) is 2.84. The number of pyridine rings is 2. The molecule has 5 heterocycles. The van der Waals surface area contributed by atoms with Crippen molar-refractivity contribution >= 4 is 34.2 Å². The van der Waals surface area contributed by atoms with E-state index in [4.69, 9.17) is 25.2 Å². The molecule has 182 valence electrons. The maximum atomic E-state index is 7.62. The molecule has 3 aromatic heterocycles. The van der Waals surface area contributed by atoms with Gasteiger partial charge in [-0.2, -0.15) is 4.98 Å². The Morgan fingerprint density at radius 2 is 1.59 bits per heavy atom. The van der Waals surface area contributed by atoms with Crippen molar-refractivity contribution in [1.82, 2.24) is 19.9 Å². The number of hydrogen-bond acceptors (Lipinski definition) is 9. The second-order valence-corrected chi connectivity index (χ2v) is 9.01. The third-order valence-electron chi connectivity index (χ3n) is 6.20. The summed E-state index contributed by atoms with van der Waals surface area (Å²) in [5.41, 5.74) is 1.25. The van der Waals surface area contributed by atoms with Crippen LogP contribution in [-0.2, 0) is 0 Å². The Kier molecular flexibility index (Phi) is 8.08. The largest absolute Gasteiger partial charge is 0.394 e. The number of nitrogens with one attached hydrogen (secondary N) is 1. The van der Waals surface area contributed by atoms with Gasteiger partial charge in [0.25, 0.3) is 0 Å². The van der Waals surface area contributed by atoms with Crippen LogP contribution in [0, 0.1) is 0 Å². The zero-order chi connectivity index (χ0) is 23.9. The van der Waals surface area contributed by atoms with Crippen molar-refractivity contribution in [1.29, 1.82) is 0 Å². The summed E-state index contributed by atoms with van der Waals surface area (Å²) >= 11 is 0. The fourth-order valence-corrected chi connectivity index (χ4v) is 4.25. The molecular formula is C25H35N7O2. The first kappa shape index (κ1) is 24.1. The van der Waals surface area contributed by atoms with Crippen molar-refractivity contribution in [3.63, 3.8) is 0 Å². The van der Waals surface area contributed by atoms with Crippen LogP contribution in [0.15, 0.2) is 30.7 Å². The zero-order valence-electron chi connectivity index (χ0n) is 20.1. The molecule has 0 bridgehead atoms. The minimum Gasteiger partial charge on any atom is -0.394 e. The van der Waals surface area contributed by atoms with Gasteiger partial charge < -0.3 is 25.3 Å². The molecule has 34 heavy (non-hydrogen) atoms. The molecule has 0 aliphatic carbocycles. The summed E-state index contributed by atoms with van der Waals surface area (Å²) in [6.45, 7) is 8.38. The van der Waals surface area contributed by atoms with Gasteiger partial charge in [0.05, 0.1) is 13.2 Å². The summed E-state index contributed by atoms with van der Waals surface area (Å²) in [6, 6.07) is 4.04. The van der Waals surface area contributed by atoms with Crippen molar-refractivity contribution in [2.24, 2.45) is 0 Å². The number of aromatic nitrogens is 4. The van der Waals surface area contributed by atoms with Gasteiger partial charge in [-0.25, -0.2) is 15.0 Å². The molecule has 0 unspecified atom stereocenters. The predicted octanol–water partition coefficient (Wildman–Crippen LogP) is 3.46. The zero-order valence-corrected chi connectivity index (χ0v) is 20.1. The van der Waals surface area contributed by atoms with Gasteiger partial charge in [-0.05, 0) is 54.7 Å². The molecule has 9 heteroatoms. The van der Waals surface area contributed by atoms with E-state index in [2.05, 4.69) is 40.0 Å². The predicted molar refractivity (Wildman–Crippen MR) is 136 cm³/mol. The first-order valence-corrected chi connectivity index (χ1v) is 12.2. The lowest BCUT2D eigenvalue weighted by atomic mass is 9.98. The van der Waals surface area contributed by atoms with Crippen LogP contribution in [0.1, 0.15) is 51.0 Å². The topological polar surface area (TPSA) is 111 Å². The Bertz CT molecular complexity index is 1080. The standard InChI is InChI=1S/C23H29N7.C2H6O2/c1-16(2)18-14-26-22(29-11-6-12-29)19-15-25-21(13-17(18)19)27-20-7-8-24-23(28-20)30-9-4-3-5-10-30;3-1-2-4/h7-8,13-16H,3-6,9-12H2,1-2H3,(H,24,25,27,28);3-4H,1-2H2. The van der Waals surface area contributed by atoms with Crippen LogP contribution in [-0.4, -0.2) is 69.5 Å². The summed E-state index contributed by atoms with van der Waals surface area (Å²) in [7, 11) is 0. The van der Waals surface area contributed by atoms with Crippen LogP contribution in [0.4, 0.5) is 23.4 Å². The fraction of sp³-hybridized carbons (Fsp3) is 0.520. The maximum absolute atomic E-state index is 7.62. The Morgan fingerprint density at radius 1 is 0.853 bits per heavy atom. The summed E-state index contributed by atoms with van der Waals surface area (Å²) in [4.78, 5) is 23.3. The van der Waals surface area contributed by atoms with Gasteiger partial charge in [-0.3, -0.25) is 0 Å². The van der Waals surface area contributed by atoms with Crippen LogP contribution in [0.3, 0.4) is 0 Å². The van der Waals surface area contributed by atoms with Crippen LogP contribution in [0.2, 0.25) is 0 Å². The highest BCUT2D eigenvalue weighted by Gasteiger charge is 2.21. The van der Waals surface area contributed by atoms with E-state index in [1.54, 1.807) is 0 Å². The first-order chi connectivity index (χ1) is 16.6. The number of hydrogen-bond donors (Lipinski definition) is 3. The minimum atomic E-state index is -0.125. The number of aliphatic hydroxyl groups excluding tert-OH is 2. The fourth-order valence-electron chi connectivity index (χ4n) is 4.25. The molecule has 5 rings (SSSR count). The van der Waals surface area contributed by atoms with Crippen LogP contribution < -0.4 is 15.1 Å². The molecule has 0 saturated carbocycles. The van der Waals surface area contributed by atoms with Crippen molar-refractivity contribution in [3.8, 4) is 0 Å². The molecule has 2 fully saturated rings. The Hall–Kier alpha value is -3.04. The van der Waals surface area contributed by atoms with Gasteiger partial charge in [0.15, 0.2) is 0 Å². The molecule has 2 aliphatic rings. The van der Waals surface area contributed by atoms with Crippen molar-refractivity contribution in [3.05, 3.63) is 36.3 Å². The van der Waals surface area contributed by atoms with E-state index in [0.29, 0.717) is 5.92 Å². The Balaban J connectivity index is 0.000000636. The van der Waals surface area contributed by atoms with Crippen LogP contribution in [0.25, 0.3) is 10.8 Å². The quantitative estimate of drug-likeness (QED) is 0.504. The lowest BCUT2D eigenvalue weighted by Gasteiger charge is -2.33. The number of rotatable bonds is 6. The summed E-state index contributed by atoms with van der Waals surface area (Å²) in [5.74, 6) is 3.82. The van der Waals surface area contributed by atoms with Gasteiger partial charge in [-0.1, -0.05) is 13.8 Å². The molecule has 0 amide bonds. The minimum absolute atomic E-state index is 0.125. The van der Waals surface area contributed by atoms with E-state index in [9.17, 15) is 0 Å². The SMILES string of the molecule is CC(C)c1cnc(N2CCC2)c2cnc(Nc3ccnc(N4CCCCC4)n3)cc12.OCCO. The summed E-state index contributed by atoms with van der Waals surface area (Å²) in [5, 5.41) is 21.0. The first-order valence-electron chi connectivity index (χ1n) is 12.2. The number of nitrogens with zero attached hydrogens (tertiary/aromatic N) is 6. The van der Waals surface area contributed by atoms with Gasteiger partial charge in [0.1, 0.15) is 17.5 Å². The molecule has 2 saturated heterocycles. The maximum Gasteiger partial charge on any atom is 0.227 e. The van der Waals surface area contributed by atoms with E-state index >= 15 is 0 Å². The van der Waals surface area contributed by atoms with Crippen molar-refractivity contribution < 1.29 is 10.2 Å². The Morgan fingerprint density at radius 3 is 2.24 bits per heavy atom. The van der Waals surface area contributed by atoms with Gasteiger partial charge >= 0.3 is 0 Å². The van der Waals surface area contributed by atoms with E-state index in [0.717, 1.165) is 55.0 Å². The number of fused-ring (bicyclic) bond motifs is 1. The molecule has 3 N–H and O–H groups in total. The lowest BCUT2D eigenvalue weighted by Crippen LogP contribution is -2.37. The lowest BCUT2D eigenvalue weighted by molar-refractivity contribution is 0.186. The number of anilines is 4. The summed E-state index contributed by atoms with van der Waals surface area (Å²) < 4.78 is 0. The smallest absolute Gasteiger partial charge is 0.227 e. The second-order valence-electron chi connectivity index (χ2n) is 9.01. The average molecular weight is 466 g/mol. The third-order valence-corrected chi connectivity index (χ3v) is 6.20. The molecule has 0 spiro atoms. The van der Waals surface area contributed by atoms with Gasteiger partial charge in [0.2, 0.25) is 5.95 Å². The monoisotopic (exact) mass is 465 g/mol. The van der Waals surface area contributed by atoms with E-state index in [1.165, 1.54) is 36.6 Å². The molecule has 2 aliphatic heterocycles. The molecule has 0 atom stereocenters. The van der Waals surface area contributed by atoms with Gasteiger partial charge in [-0.15, -0.1) is 0 Å². The van der Waals surface area contributed by atoms with Gasteiger partial charge in [0, 0.05) is 50.2 Å². The van der Waals surface area contributed by atoms with Crippen molar-refractivity contribution in [2.45, 2.75) is 45.4 Å². The molecule has 0 aromatic carbocycles. The van der Waals surface area contributed by atoms with E-state index in [1.807, 2.05) is 24.7 Å². The van der Waals surface area contributed by atoms with Crippen molar-refractivity contribution in [2.75, 3.05) is 54.5 Å². The molecule has 3 aromatic rings. The summed E-state index contributed by atoms with van der Waals surface area (Å²) in [6.07, 6.45) is 10.8. The molecule has 0 radical (unpaired) electrons. The van der Waals surface area contributed by atoms with E-state index < -0.39 is 0 Å². The number of piperidine rings is 1. The Labute approximate surface area is 200 Å².